The molecule has 5 nitrogen and oxygen atoms in total. The Morgan fingerprint density at radius 2 is 1.14 bits per heavy atom. The molecule has 0 aliphatic heterocycles. The third kappa shape index (κ3) is 2.40. The molecule has 0 aromatic rings. The molecule has 4 aliphatic carbocycles. The van der Waals surface area contributed by atoms with Crippen LogP contribution < -0.4 is 5.32 Å². The molecular formula is C16H23NO4. The van der Waals surface area contributed by atoms with Crippen molar-refractivity contribution in [2.45, 2.75) is 75.4 Å². The van der Waals surface area contributed by atoms with Crippen LogP contribution in [0.25, 0.3) is 0 Å². The van der Waals surface area contributed by atoms with Crippen molar-refractivity contribution in [3.63, 3.8) is 0 Å². The van der Waals surface area contributed by atoms with E-state index in [2.05, 4.69) is 5.32 Å². The highest BCUT2D eigenvalue weighted by atomic mass is 16.6. The lowest BCUT2D eigenvalue weighted by atomic mass is 9.97. The molecule has 0 spiro atoms. The molecule has 0 atom stereocenters. The zero-order valence-electron chi connectivity index (χ0n) is 12.4. The van der Waals surface area contributed by atoms with Gasteiger partial charge in [0.25, 0.3) is 0 Å². The van der Waals surface area contributed by atoms with Crippen LogP contribution >= 0.6 is 0 Å². The van der Waals surface area contributed by atoms with E-state index in [-0.39, 0.29) is 11.2 Å². The molecule has 4 saturated carbocycles. The topological polar surface area (TPSA) is 64.6 Å². The van der Waals surface area contributed by atoms with E-state index in [1.165, 1.54) is 0 Å². The largest absolute Gasteiger partial charge is 0.443 e. The fourth-order valence-corrected chi connectivity index (χ4v) is 5.09. The van der Waals surface area contributed by atoms with Crippen molar-refractivity contribution < 1.29 is 19.1 Å². The van der Waals surface area contributed by atoms with E-state index in [0.717, 1.165) is 64.2 Å². The Hall–Kier alpha value is -1.26. The maximum atomic E-state index is 11.9. The maximum absolute atomic E-state index is 11.9. The molecule has 0 saturated heterocycles. The minimum atomic E-state index is -0.633. The van der Waals surface area contributed by atoms with E-state index in [1.807, 2.05) is 0 Å². The summed E-state index contributed by atoms with van der Waals surface area (Å²) in [6, 6.07) is 0. The smallest absolute Gasteiger partial charge is 0.417 e. The van der Waals surface area contributed by atoms with Crippen LogP contribution in [0.4, 0.5) is 9.59 Å². The van der Waals surface area contributed by atoms with Crippen molar-refractivity contribution in [1.29, 1.82) is 0 Å². The normalized spacial score (nSPS) is 43.0. The molecule has 4 aliphatic rings. The molecular weight excluding hydrogens is 270 g/mol. The molecule has 21 heavy (non-hydrogen) atoms. The van der Waals surface area contributed by atoms with Gasteiger partial charge >= 0.3 is 12.2 Å². The number of hydrogen-bond acceptors (Lipinski definition) is 4. The summed E-state index contributed by atoms with van der Waals surface area (Å²) < 4.78 is 11.1. The number of fused-ring (bicyclic) bond motifs is 4. The van der Waals surface area contributed by atoms with Crippen molar-refractivity contribution in [1.82, 2.24) is 5.32 Å². The highest BCUT2D eigenvalue weighted by Gasteiger charge is 2.49. The van der Waals surface area contributed by atoms with Gasteiger partial charge in [-0.05, 0) is 76.0 Å². The quantitative estimate of drug-likeness (QED) is 0.846. The zero-order valence-corrected chi connectivity index (χ0v) is 12.4. The Bertz CT molecular complexity index is 417. The SMILES string of the molecule is O=C(NC(=O)OC12CCC(CC1)C2)OC12CCC(CC1)C2. The second kappa shape index (κ2) is 4.62. The van der Waals surface area contributed by atoms with E-state index in [4.69, 9.17) is 9.47 Å². The van der Waals surface area contributed by atoms with Crippen LogP contribution in [0.2, 0.25) is 0 Å². The summed E-state index contributed by atoms with van der Waals surface area (Å²) in [4.78, 5) is 23.9. The maximum Gasteiger partial charge on any atom is 0.417 e. The number of rotatable bonds is 2. The first-order valence-electron chi connectivity index (χ1n) is 8.30. The number of carbonyl (C=O) groups is 2. The van der Waals surface area contributed by atoms with Crippen molar-refractivity contribution in [3.05, 3.63) is 0 Å². The summed E-state index contributed by atoms with van der Waals surface area (Å²) in [6.07, 6.45) is 8.96. The van der Waals surface area contributed by atoms with Gasteiger partial charge in [-0.2, -0.15) is 0 Å². The molecule has 4 fully saturated rings. The predicted molar refractivity (Wildman–Crippen MR) is 74.7 cm³/mol. The number of carbonyl (C=O) groups excluding carboxylic acids is 2. The third-order valence-electron chi connectivity index (χ3n) is 6.18. The standard InChI is InChI=1S/C16H23NO4/c18-13(20-15-5-1-11(9-15)2-6-15)17-14(19)21-16-7-3-12(10-16)4-8-16/h11-12H,1-10H2,(H,17,18,19). The van der Waals surface area contributed by atoms with Crippen LogP contribution in [-0.2, 0) is 9.47 Å². The van der Waals surface area contributed by atoms with Crippen LogP contribution in [0.1, 0.15) is 64.2 Å². The van der Waals surface area contributed by atoms with Gasteiger partial charge in [0.1, 0.15) is 11.2 Å². The molecule has 4 rings (SSSR count). The van der Waals surface area contributed by atoms with Gasteiger partial charge in [-0.25, -0.2) is 14.9 Å². The Kier molecular flexibility index (Phi) is 2.95. The second-order valence-corrected chi connectivity index (χ2v) is 7.57. The number of imide groups is 1. The first kappa shape index (κ1) is 13.4. The molecule has 116 valence electrons. The average Bonchev–Trinajstić information content (AvgIpc) is 3.16. The first-order chi connectivity index (χ1) is 10.1. The number of amides is 2. The number of nitrogens with one attached hydrogen (secondary N) is 1. The summed E-state index contributed by atoms with van der Waals surface area (Å²) in [5.74, 6) is 1.41. The highest BCUT2D eigenvalue weighted by Crippen LogP contribution is 2.51. The van der Waals surface area contributed by atoms with Gasteiger partial charge in [0, 0.05) is 0 Å². The summed E-state index contributed by atoms with van der Waals surface area (Å²) in [6.45, 7) is 0. The predicted octanol–water partition coefficient (Wildman–Crippen LogP) is 3.51. The van der Waals surface area contributed by atoms with Crippen LogP contribution in [0.5, 0.6) is 0 Å². The zero-order chi connectivity index (χ0) is 14.5. The van der Waals surface area contributed by atoms with Crippen LogP contribution in [-0.4, -0.2) is 23.4 Å². The summed E-state index contributed by atoms with van der Waals surface area (Å²) in [5.41, 5.74) is -0.613. The van der Waals surface area contributed by atoms with Crippen molar-refractivity contribution in [2.75, 3.05) is 0 Å². The molecule has 2 amide bonds. The number of hydrogen-bond donors (Lipinski definition) is 1. The first-order valence-corrected chi connectivity index (χ1v) is 8.30. The lowest BCUT2D eigenvalue weighted by molar-refractivity contribution is 0.00388. The van der Waals surface area contributed by atoms with Gasteiger partial charge < -0.3 is 9.47 Å². The summed E-state index contributed by atoms with van der Waals surface area (Å²) in [7, 11) is 0. The molecule has 5 heteroatoms. The molecule has 0 heterocycles. The lowest BCUT2D eigenvalue weighted by Crippen LogP contribution is -2.42. The van der Waals surface area contributed by atoms with Crippen molar-refractivity contribution >= 4 is 12.2 Å². The highest BCUT2D eigenvalue weighted by molar-refractivity contribution is 5.87. The monoisotopic (exact) mass is 293 g/mol. The van der Waals surface area contributed by atoms with E-state index in [9.17, 15) is 9.59 Å². The van der Waals surface area contributed by atoms with Crippen molar-refractivity contribution in [2.24, 2.45) is 11.8 Å². The Morgan fingerprint density at radius 3 is 1.43 bits per heavy atom. The minimum absolute atomic E-state index is 0.306. The Balaban J connectivity index is 1.29. The molecule has 4 bridgehead atoms. The van der Waals surface area contributed by atoms with E-state index >= 15 is 0 Å². The summed E-state index contributed by atoms with van der Waals surface area (Å²) >= 11 is 0. The Labute approximate surface area is 124 Å². The fourth-order valence-electron chi connectivity index (χ4n) is 5.09. The van der Waals surface area contributed by atoms with E-state index < -0.39 is 12.2 Å². The number of ether oxygens (including phenoxy) is 2. The minimum Gasteiger partial charge on any atom is -0.443 e. The van der Waals surface area contributed by atoms with Gasteiger partial charge in [0.05, 0.1) is 0 Å². The Morgan fingerprint density at radius 1 is 0.762 bits per heavy atom. The van der Waals surface area contributed by atoms with E-state index in [0.29, 0.717) is 11.8 Å². The van der Waals surface area contributed by atoms with Gasteiger partial charge in [-0.15, -0.1) is 0 Å². The van der Waals surface area contributed by atoms with Gasteiger partial charge in [0.2, 0.25) is 0 Å². The molecule has 0 radical (unpaired) electrons. The van der Waals surface area contributed by atoms with Crippen molar-refractivity contribution in [3.8, 4) is 0 Å². The van der Waals surface area contributed by atoms with Gasteiger partial charge in [0.15, 0.2) is 0 Å². The van der Waals surface area contributed by atoms with Gasteiger partial charge in [-0.1, -0.05) is 0 Å². The van der Waals surface area contributed by atoms with Gasteiger partial charge in [-0.3, -0.25) is 0 Å². The third-order valence-corrected chi connectivity index (χ3v) is 6.18. The van der Waals surface area contributed by atoms with Crippen LogP contribution in [0, 0.1) is 11.8 Å². The molecule has 1 N–H and O–H groups in total. The molecule has 0 unspecified atom stereocenters. The lowest BCUT2D eigenvalue weighted by Gasteiger charge is -2.28. The van der Waals surface area contributed by atoms with Crippen LogP contribution in [0.15, 0.2) is 0 Å². The summed E-state index contributed by atoms with van der Waals surface area (Å²) in [5, 5.41) is 2.27. The fraction of sp³-hybridized carbons (Fsp3) is 0.875. The molecule has 0 aromatic heterocycles. The molecule has 0 aromatic carbocycles. The average molecular weight is 293 g/mol. The number of alkyl carbamates (subject to hydrolysis) is 2. The second-order valence-electron chi connectivity index (χ2n) is 7.57. The van der Waals surface area contributed by atoms with E-state index in [1.54, 1.807) is 0 Å². The van der Waals surface area contributed by atoms with Crippen LogP contribution in [0.3, 0.4) is 0 Å².